The van der Waals surface area contributed by atoms with Crippen LogP contribution in [0.25, 0.3) is 22.3 Å². The highest BCUT2D eigenvalue weighted by molar-refractivity contribution is 6.30. The Kier molecular flexibility index (Phi) is 5.18. The molecule has 3 heterocycles. The number of halogens is 1. The lowest BCUT2D eigenvalue weighted by atomic mass is 9.90. The number of hydrogen-bond acceptors (Lipinski definition) is 6. The largest absolute Gasteiger partial charge is 0.384 e. The predicted octanol–water partition coefficient (Wildman–Crippen LogP) is 4.72. The van der Waals surface area contributed by atoms with Crippen molar-refractivity contribution >= 4 is 29.0 Å². The molecule has 0 radical (unpaired) electrons. The Hall–Kier alpha value is -3.97. The summed E-state index contributed by atoms with van der Waals surface area (Å²) in [5.41, 5.74) is 18.1. The van der Waals surface area contributed by atoms with Crippen LogP contribution in [0.1, 0.15) is 35.0 Å². The molecule has 0 saturated heterocycles. The second kappa shape index (κ2) is 8.18. The van der Waals surface area contributed by atoms with Gasteiger partial charge in [0.15, 0.2) is 5.76 Å². The van der Waals surface area contributed by atoms with Crippen molar-refractivity contribution in [3.63, 3.8) is 0 Å². The van der Waals surface area contributed by atoms with Crippen LogP contribution in [-0.4, -0.2) is 21.8 Å². The first-order valence-electron chi connectivity index (χ1n) is 10.4. The number of hydrogen-bond donors (Lipinski definition) is 2. The van der Waals surface area contributed by atoms with Crippen LogP contribution in [0.4, 0.5) is 5.82 Å². The quantitative estimate of drug-likeness (QED) is 0.459. The van der Waals surface area contributed by atoms with E-state index in [2.05, 4.69) is 16.2 Å². The summed E-state index contributed by atoms with van der Waals surface area (Å²) in [5, 5.41) is 4.78. The molecule has 7 nitrogen and oxygen atoms in total. The van der Waals surface area contributed by atoms with E-state index in [9.17, 15) is 4.79 Å². The van der Waals surface area contributed by atoms with Crippen LogP contribution in [0.3, 0.4) is 0 Å². The average Bonchev–Trinajstić information content (AvgIpc) is 3.12. The number of aliphatic imine (C=N–C) groups is 1. The highest BCUT2D eigenvalue weighted by atomic mass is 35.5. The molecule has 33 heavy (non-hydrogen) atoms. The fraction of sp³-hybridized carbons (Fsp3) is 0.120. The Morgan fingerprint density at radius 1 is 1.03 bits per heavy atom. The predicted molar refractivity (Wildman–Crippen MR) is 128 cm³/mol. The van der Waals surface area contributed by atoms with Crippen molar-refractivity contribution in [3.05, 3.63) is 88.4 Å². The Morgan fingerprint density at radius 2 is 1.76 bits per heavy atom. The van der Waals surface area contributed by atoms with E-state index < -0.39 is 11.9 Å². The molecule has 4 aromatic rings. The van der Waals surface area contributed by atoms with Gasteiger partial charge in [0.05, 0.1) is 23.4 Å². The van der Waals surface area contributed by atoms with Crippen LogP contribution in [0.5, 0.6) is 0 Å². The standard InChI is InChI=1S/C25H20ClN5O2/c1-13-23-18-8-4-15(16-5-9-21(27)29-12-16)10-19(18)24(14-2-6-17(26)7-3-14)30-20(11-22(28)32)25(23)33-31-13/h2-10,12,20H,11H2,1H3,(H2,27,29)(H2,28,32). The first-order valence-corrected chi connectivity index (χ1v) is 10.7. The van der Waals surface area contributed by atoms with Gasteiger partial charge in [0.25, 0.3) is 0 Å². The van der Waals surface area contributed by atoms with E-state index in [-0.39, 0.29) is 6.42 Å². The molecule has 0 aliphatic carbocycles. The molecule has 4 N–H and O–H groups in total. The van der Waals surface area contributed by atoms with Crippen LogP contribution in [0.15, 0.2) is 70.3 Å². The van der Waals surface area contributed by atoms with E-state index in [4.69, 9.17) is 32.6 Å². The Labute approximate surface area is 195 Å². The molecular formula is C25H20ClN5O2. The lowest BCUT2D eigenvalue weighted by Crippen LogP contribution is -2.15. The maximum absolute atomic E-state index is 11.9. The number of nitrogens with two attached hydrogens (primary N) is 2. The molecule has 1 unspecified atom stereocenters. The van der Waals surface area contributed by atoms with Crippen molar-refractivity contribution in [2.75, 3.05) is 5.73 Å². The summed E-state index contributed by atoms with van der Waals surface area (Å²) in [6.07, 6.45) is 1.74. The number of primary amides is 1. The zero-order chi connectivity index (χ0) is 23.1. The van der Waals surface area contributed by atoms with Gasteiger partial charge in [0, 0.05) is 27.9 Å². The summed E-state index contributed by atoms with van der Waals surface area (Å²) in [7, 11) is 0. The van der Waals surface area contributed by atoms with Gasteiger partial charge < -0.3 is 16.0 Å². The summed E-state index contributed by atoms with van der Waals surface area (Å²) < 4.78 is 5.66. The number of aromatic nitrogens is 2. The summed E-state index contributed by atoms with van der Waals surface area (Å²) >= 11 is 6.13. The minimum atomic E-state index is -0.599. The third-order valence-electron chi connectivity index (χ3n) is 5.65. The number of nitrogens with zero attached hydrogens (tertiary/aromatic N) is 3. The SMILES string of the molecule is Cc1noc2c1-c1ccc(-c3ccc(N)nc3)cc1C(c1ccc(Cl)cc1)=NC2CC(N)=O. The normalized spacial score (nSPS) is 14.7. The molecule has 1 aliphatic heterocycles. The maximum atomic E-state index is 11.9. The van der Waals surface area contributed by atoms with Gasteiger partial charge in [-0.15, -0.1) is 0 Å². The van der Waals surface area contributed by atoms with E-state index in [0.717, 1.165) is 39.1 Å². The molecule has 164 valence electrons. The molecule has 0 spiro atoms. The van der Waals surface area contributed by atoms with Gasteiger partial charge in [0.1, 0.15) is 11.9 Å². The first kappa shape index (κ1) is 20.9. The van der Waals surface area contributed by atoms with Gasteiger partial charge in [-0.2, -0.15) is 0 Å². The fourth-order valence-corrected chi connectivity index (χ4v) is 4.23. The van der Waals surface area contributed by atoms with E-state index in [1.54, 1.807) is 12.3 Å². The molecule has 1 amide bonds. The zero-order valence-corrected chi connectivity index (χ0v) is 18.5. The first-order chi connectivity index (χ1) is 15.9. The number of rotatable bonds is 4. The number of fused-ring (bicyclic) bond motifs is 3. The highest BCUT2D eigenvalue weighted by Crippen LogP contribution is 2.42. The van der Waals surface area contributed by atoms with Crippen molar-refractivity contribution in [1.29, 1.82) is 0 Å². The Balaban J connectivity index is 1.78. The van der Waals surface area contributed by atoms with Crippen LogP contribution >= 0.6 is 11.6 Å². The number of anilines is 1. The number of amides is 1. The van der Waals surface area contributed by atoms with Gasteiger partial charge >= 0.3 is 0 Å². The summed E-state index contributed by atoms with van der Waals surface area (Å²) in [4.78, 5) is 21.1. The van der Waals surface area contributed by atoms with Crippen molar-refractivity contribution < 1.29 is 9.32 Å². The van der Waals surface area contributed by atoms with Crippen LogP contribution < -0.4 is 11.5 Å². The van der Waals surface area contributed by atoms with Crippen molar-refractivity contribution in [2.24, 2.45) is 10.7 Å². The molecule has 0 saturated carbocycles. The van der Waals surface area contributed by atoms with E-state index >= 15 is 0 Å². The zero-order valence-electron chi connectivity index (χ0n) is 17.7. The topological polar surface area (TPSA) is 120 Å². The monoisotopic (exact) mass is 457 g/mol. The summed E-state index contributed by atoms with van der Waals surface area (Å²) in [5.74, 6) is 0.508. The second-order valence-electron chi connectivity index (χ2n) is 7.91. The fourth-order valence-electron chi connectivity index (χ4n) is 4.11. The third-order valence-corrected chi connectivity index (χ3v) is 5.90. The van der Waals surface area contributed by atoms with E-state index in [0.29, 0.717) is 22.3 Å². The lowest BCUT2D eigenvalue weighted by Gasteiger charge is -2.13. The Morgan fingerprint density at radius 3 is 2.45 bits per heavy atom. The number of carbonyl (C=O) groups is 1. The van der Waals surface area contributed by atoms with E-state index in [1.807, 2.05) is 49.4 Å². The summed E-state index contributed by atoms with van der Waals surface area (Å²) in [6.45, 7) is 1.87. The number of benzene rings is 2. The van der Waals surface area contributed by atoms with Crippen LogP contribution in [0.2, 0.25) is 5.02 Å². The van der Waals surface area contributed by atoms with E-state index in [1.165, 1.54) is 0 Å². The molecule has 2 aromatic heterocycles. The molecule has 0 fully saturated rings. The second-order valence-corrected chi connectivity index (χ2v) is 8.35. The molecular weight excluding hydrogens is 438 g/mol. The van der Waals surface area contributed by atoms with Gasteiger partial charge in [0.2, 0.25) is 5.91 Å². The van der Waals surface area contributed by atoms with Crippen LogP contribution in [-0.2, 0) is 4.79 Å². The molecule has 0 bridgehead atoms. The molecule has 5 rings (SSSR count). The lowest BCUT2D eigenvalue weighted by molar-refractivity contribution is -0.118. The van der Waals surface area contributed by atoms with Gasteiger partial charge in [-0.25, -0.2) is 4.98 Å². The molecule has 2 aromatic carbocycles. The van der Waals surface area contributed by atoms with Gasteiger partial charge in [-0.3, -0.25) is 9.79 Å². The Bertz CT molecular complexity index is 1390. The smallest absolute Gasteiger partial charge is 0.220 e. The molecule has 1 aliphatic rings. The maximum Gasteiger partial charge on any atom is 0.220 e. The average molecular weight is 458 g/mol. The molecule has 1 atom stereocenters. The number of aryl methyl sites for hydroxylation is 1. The number of carbonyl (C=O) groups excluding carboxylic acids is 1. The van der Waals surface area contributed by atoms with Crippen molar-refractivity contribution in [3.8, 4) is 22.3 Å². The van der Waals surface area contributed by atoms with Gasteiger partial charge in [-0.05, 0) is 48.4 Å². The van der Waals surface area contributed by atoms with Crippen LogP contribution in [0, 0.1) is 6.92 Å². The summed E-state index contributed by atoms with van der Waals surface area (Å²) in [6, 6.07) is 16.6. The molecule has 8 heteroatoms. The number of nitrogen functional groups attached to an aromatic ring is 1. The van der Waals surface area contributed by atoms with Crippen molar-refractivity contribution in [1.82, 2.24) is 10.1 Å². The van der Waals surface area contributed by atoms with Crippen molar-refractivity contribution in [2.45, 2.75) is 19.4 Å². The third kappa shape index (κ3) is 3.87. The minimum Gasteiger partial charge on any atom is -0.384 e. The van der Waals surface area contributed by atoms with Gasteiger partial charge in [-0.1, -0.05) is 41.0 Å². The highest BCUT2D eigenvalue weighted by Gasteiger charge is 2.31. The minimum absolute atomic E-state index is 0.00144. The number of pyridine rings is 1.